The molecule has 4 rings (SSSR count). The average molecular weight is 287 g/mol. The van der Waals surface area contributed by atoms with Crippen LogP contribution in [0.25, 0.3) is 20.4 Å². The number of pyridine rings is 1. The summed E-state index contributed by atoms with van der Waals surface area (Å²) in [6, 6.07) is 2.07. The molecule has 4 heterocycles. The van der Waals surface area contributed by atoms with E-state index < -0.39 is 0 Å². The second-order valence-corrected chi connectivity index (χ2v) is 6.68. The van der Waals surface area contributed by atoms with Crippen molar-refractivity contribution in [2.75, 3.05) is 0 Å². The third kappa shape index (κ3) is 1.68. The number of hydrogen-bond donors (Lipinski definition) is 1. The maximum Gasteiger partial charge on any atom is 0.268 e. The predicted octanol–water partition coefficient (Wildman–Crippen LogP) is 2.38. The molecular formula is C14H13N3O2S. The Balaban J connectivity index is 2.04. The number of thiophene rings is 1. The summed E-state index contributed by atoms with van der Waals surface area (Å²) in [5.74, 6) is 0. The van der Waals surface area contributed by atoms with Gasteiger partial charge in [-0.2, -0.15) is 0 Å². The van der Waals surface area contributed by atoms with E-state index in [1.54, 1.807) is 0 Å². The van der Waals surface area contributed by atoms with E-state index in [-0.39, 0.29) is 11.2 Å². The van der Waals surface area contributed by atoms with E-state index in [0.29, 0.717) is 11.3 Å². The molecule has 0 saturated carbocycles. The van der Waals surface area contributed by atoms with Crippen molar-refractivity contribution in [1.29, 1.82) is 0 Å². The largest absolute Gasteiger partial charge is 0.370 e. The van der Waals surface area contributed by atoms with Crippen molar-refractivity contribution in [3.63, 3.8) is 0 Å². The van der Waals surface area contributed by atoms with Gasteiger partial charge in [0, 0.05) is 17.4 Å². The number of ether oxygens (including phenoxy) is 1. The van der Waals surface area contributed by atoms with Crippen LogP contribution in [0.5, 0.6) is 0 Å². The molecule has 1 aliphatic rings. The van der Waals surface area contributed by atoms with Crippen molar-refractivity contribution >= 4 is 31.8 Å². The molecule has 1 aliphatic heterocycles. The third-order valence-corrected chi connectivity index (χ3v) is 4.72. The van der Waals surface area contributed by atoms with Crippen molar-refractivity contribution < 1.29 is 4.74 Å². The molecule has 102 valence electrons. The topological polar surface area (TPSA) is 67.9 Å². The van der Waals surface area contributed by atoms with Gasteiger partial charge in [-0.05, 0) is 19.9 Å². The molecule has 0 amide bonds. The third-order valence-electron chi connectivity index (χ3n) is 3.63. The smallest absolute Gasteiger partial charge is 0.268 e. The number of fused-ring (bicyclic) bond motifs is 4. The fraction of sp³-hybridized carbons (Fsp3) is 0.357. The lowest BCUT2D eigenvalue weighted by atomic mass is 9.95. The minimum Gasteiger partial charge on any atom is -0.370 e. The number of nitrogens with zero attached hydrogens (tertiary/aromatic N) is 2. The Morgan fingerprint density at radius 2 is 2.30 bits per heavy atom. The standard InChI is InChI=1S/C14H13N3O2S/c1-14(2)4-9-7(5-19-14)3-8-10-11(20-13(8)17-9)12(18)16-6-15-10/h3,6H,4-5H2,1-2H3,(H,15,16,18). The maximum absolute atomic E-state index is 11.8. The number of hydrogen-bond acceptors (Lipinski definition) is 5. The Hall–Kier alpha value is -1.79. The zero-order valence-corrected chi connectivity index (χ0v) is 12.0. The number of aromatic amines is 1. The van der Waals surface area contributed by atoms with Crippen LogP contribution in [-0.4, -0.2) is 20.6 Å². The Morgan fingerprint density at radius 3 is 3.15 bits per heavy atom. The summed E-state index contributed by atoms with van der Waals surface area (Å²) in [7, 11) is 0. The quantitative estimate of drug-likeness (QED) is 0.689. The van der Waals surface area contributed by atoms with Crippen molar-refractivity contribution in [3.05, 3.63) is 34.0 Å². The van der Waals surface area contributed by atoms with Gasteiger partial charge in [0.1, 0.15) is 9.53 Å². The minimum absolute atomic E-state index is 0.104. The van der Waals surface area contributed by atoms with E-state index in [0.717, 1.165) is 33.4 Å². The Labute approximate surface area is 118 Å². The molecule has 0 aromatic carbocycles. The molecule has 0 spiro atoms. The highest BCUT2D eigenvalue weighted by Crippen LogP contribution is 2.34. The molecule has 6 heteroatoms. The molecule has 5 nitrogen and oxygen atoms in total. The van der Waals surface area contributed by atoms with E-state index in [1.165, 1.54) is 17.7 Å². The van der Waals surface area contributed by atoms with Crippen LogP contribution in [-0.2, 0) is 17.8 Å². The fourth-order valence-electron chi connectivity index (χ4n) is 2.60. The van der Waals surface area contributed by atoms with Crippen molar-refractivity contribution in [3.8, 4) is 0 Å². The van der Waals surface area contributed by atoms with E-state index >= 15 is 0 Å². The fourth-order valence-corrected chi connectivity index (χ4v) is 3.62. The molecular weight excluding hydrogens is 274 g/mol. The first kappa shape index (κ1) is 12.0. The van der Waals surface area contributed by atoms with Crippen molar-refractivity contribution in [2.24, 2.45) is 0 Å². The maximum atomic E-state index is 11.8. The van der Waals surface area contributed by atoms with Crippen LogP contribution in [0.4, 0.5) is 0 Å². The highest BCUT2D eigenvalue weighted by molar-refractivity contribution is 7.25. The first-order valence-corrected chi connectivity index (χ1v) is 7.28. The number of nitrogens with one attached hydrogen (secondary N) is 1. The lowest BCUT2D eigenvalue weighted by molar-refractivity contribution is -0.0411. The van der Waals surface area contributed by atoms with Crippen LogP contribution < -0.4 is 5.56 Å². The highest BCUT2D eigenvalue weighted by Gasteiger charge is 2.28. The normalized spacial score (nSPS) is 17.5. The van der Waals surface area contributed by atoms with Gasteiger partial charge in [-0.3, -0.25) is 4.79 Å². The second-order valence-electron chi connectivity index (χ2n) is 5.68. The van der Waals surface area contributed by atoms with Crippen LogP contribution in [0.3, 0.4) is 0 Å². The van der Waals surface area contributed by atoms with Crippen LogP contribution in [0.15, 0.2) is 17.2 Å². The van der Waals surface area contributed by atoms with Gasteiger partial charge in [0.2, 0.25) is 0 Å². The first-order valence-electron chi connectivity index (χ1n) is 6.46. The molecule has 1 N–H and O–H groups in total. The zero-order chi connectivity index (χ0) is 13.9. The number of rotatable bonds is 0. The Bertz CT molecular complexity index is 894. The molecule has 0 unspecified atom stereocenters. The average Bonchev–Trinajstić information content (AvgIpc) is 2.75. The summed E-state index contributed by atoms with van der Waals surface area (Å²) in [4.78, 5) is 24.3. The zero-order valence-electron chi connectivity index (χ0n) is 11.2. The summed E-state index contributed by atoms with van der Waals surface area (Å²) >= 11 is 1.40. The van der Waals surface area contributed by atoms with Crippen molar-refractivity contribution in [1.82, 2.24) is 15.0 Å². The van der Waals surface area contributed by atoms with E-state index in [1.807, 2.05) is 0 Å². The van der Waals surface area contributed by atoms with Crippen LogP contribution in [0, 0.1) is 0 Å². The van der Waals surface area contributed by atoms with Gasteiger partial charge in [0.05, 0.1) is 29.7 Å². The van der Waals surface area contributed by atoms with E-state index in [2.05, 4.69) is 29.9 Å². The summed E-state index contributed by atoms with van der Waals surface area (Å²) in [6.07, 6.45) is 2.23. The molecule has 0 atom stereocenters. The van der Waals surface area contributed by atoms with Crippen LogP contribution in [0.2, 0.25) is 0 Å². The Morgan fingerprint density at radius 1 is 1.45 bits per heavy atom. The summed E-state index contributed by atoms with van der Waals surface area (Å²) in [6.45, 7) is 4.70. The van der Waals surface area contributed by atoms with Crippen LogP contribution in [0.1, 0.15) is 25.1 Å². The SMILES string of the molecule is CC1(C)Cc2nc3sc4c(=O)[nH]cnc4c3cc2CO1. The highest BCUT2D eigenvalue weighted by atomic mass is 32.1. The van der Waals surface area contributed by atoms with E-state index in [4.69, 9.17) is 9.72 Å². The molecule has 0 radical (unpaired) electrons. The van der Waals surface area contributed by atoms with Crippen LogP contribution >= 0.6 is 11.3 Å². The van der Waals surface area contributed by atoms with Gasteiger partial charge < -0.3 is 9.72 Å². The molecule has 3 aromatic rings. The molecule has 0 aliphatic carbocycles. The molecule has 3 aromatic heterocycles. The first-order chi connectivity index (χ1) is 9.53. The van der Waals surface area contributed by atoms with Gasteiger partial charge >= 0.3 is 0 Å². The summed E-state index contributed by atoms with van der Waals surface area (Å²) in [5.41, 5.74) is 2.61. The second kappa shape index (κ2) is 3.86. The van der Waals surface area contributed by atoms with Gasteiger partial charge in [-0.1, -0.05) is 0 Å². The van der Waals surface area contributed by atoms with Gasteiger partial charge in [0.15, 0.2) is 0 Å². The van der Waals surface area contributed by atoms with Gasteiger partial charge in [0.25, 0.3) is 5.56 Å². The predicted molar refractivity (Wildman–Crippen MR) is 78.1 cm³/mol. The monoisotopic (exact) mass is 287 g/mol. The van der Waals surface area contributed by atoms with Crippen molar-refractivity contribution in [2.45, 2.75) is 32.5 Å². The number of H-pyrrole nitrogens is 1. The molecule has 0 bridgehead atoms. The summed E-state index contributed by atoms with van der Waals surface area (Å²) < 4.78 is 6.46. The molecule has 20 heavy (non-hydrogen) atoms. The summed E-state index contributed by atoms with van der Waals surface area (Å²) in [5, 5.41) is 0.943. The lowest BCUT2D eigenvalue weighted by Gasteiger charge is -2.30. The molecule has 0 fully saturated rings. The van der Waals surface area contributed by atoms with Gasteiger partial charge in [-0.15, -0.1) is 11.3 Å². The van der Waals surface area contributed by atoms with E-state index in [9.17, 15) is 4.79 Å². The minimum atomic E-state index is -0.180. The molecule has 0 saturated heterocycles. The number of aromatic nitrogens is 3. The lowest BCUT2D eigenvalue weighted by Crippen LogP contribution is -2.32. The Kier molecular flexibility index (Phi) is 2.32. The van der Waals surface area contributed by atoms with Gasteiger partial charge in [-0.25, -0.2) is 9.97 Å².